The third-order valence-electron chi connectivity index (χ3n) is 7.44. The Labute approximate surface area is 256 Å². The molecule has 0 saturated heterocycles. The van der Waals surface area contributed by atoms with E-state index in [0.717, 1.165) is 47.8 Å². The van der Waals surface area contributed by atoms with Crippen molar-refractivity contribution in [2.45, 2.75) is 19.6 Å². The minimum atomic E-state index is -0.309. The Morgan fingerprint density at radius 2 is 1.89 bits per heavy atom. The van der Waals surface area contributed by atoms with E-state index < -0.39 is 0 Å². The minimum Gasteiger partial charge on any atom is -0.471 e. The molecule has 4 aromatic heterocycles. The van der Waals surface area contributed by atoms with Gasteiger partial charge in [0.05, 0.1) is 45.0 Å². The van der Waals surface area contributed by atoms with Gasteiger partial charge in [-0.25, -0.2) is 14.8 Å². The van der Waals surface area contributed by atoms with E-state index in [1.807, 2.05) is 42.5 Å². The van der Waals surface area contributed by atoms with Crippen LogP contribution >= 0.6 is 11.6 Å². The number of hydrogen-bond donors (Lipinski definition) is 4. The van der Waals surface area contributed by atoms with Gasteiger partial charge in [0.2, 0.25) is 5.88 Å². The first kappa shape index (κ1) is 27.6. The highest BCUT2D eigenvalue weighted by Crippen LogP contribution is 2.25. The predicted octanol–water partition coefficient (Wildman–Crippen LogP) is 5.30. The summed E-state index contributed by atoms with van der Waals surface area (Å²) in [6.07, 6.45) is 4.66. The van der Waals surface area contributed by atoms with Crippen molar-refractivity contribution in [3.05, 3.63) is 117 Å². The smallest absolute Gasteiger partial charge is 0.323 e. The topological polar surface area (TPSA) is 145 Å². The molecule has 0 fully saturated rings. The van der Waals surface area contributed by atoms with Crippen molar-refractivity contribution >= 4 is 50.8 Å². The zero-order valence-electron chi connectivity index (χ0n) is 23.4. The maximum atomic E-state index is 12.8. The third-order valence-corrected chi connectivity index (χ3v) is 7.67. The summed E-state index contributed by atoms with van der Waals surface area (Å²) in [5.41, 5.74) is 6.56. The average molecular weight is 607 g/mol. The molecular formula is C32H27ClN8O3. The number of nitrogens with zero attached hydrogens (tertiary/aromatic N) is 4. The number of amides is 1. The largest absolute Gasteiger partial charge is 0.471 e. The van der Waals surface area contributed by atoms with Crippen LogP contribution in [0, 0.1) is 0 Å². The highest BCUT2D eigenvalue weighted by molar-refractivity contribution is 6.30. The molecule has 0 spiro atoms. The van der Waals surface area contributed by atoms with Crippen LogP contribution in [0.4, 0.5) is 5.69 Å². The lowest BCUT2D eigenvalue weighted by atomic mass is 10.0. The molecule has 0 saturated carbocycles. The second-order valence-corrected chi connectivity index (χ2v) is 11.0. The normalized spacial score (nSPS) is 13.7. The molecule has 0 atom stereocenters. The monoisotopic (exact) mass is 606 g/mol. The Bertz CT molecular complexity index is 2080. The second-order valence-electron chi connectivity index (χ2n) is 10.5. The molecule has 0 bridgehead atoms. The molecule has 4 N–H and O–H groups in total. The first-order chi connectivity index (χ1) is 21.4. The number of imidazole rings is 2. The molecule has 2 aromatic carbocycles. The fourth-order valence-electron chi connectivity index (χ4n) is 5.21. The Balaban J connectivity index is 0.968. The van der Waals surface area contributed by atoms with E-state index in [2.05, 4.69) is 36.2 Å². The number of fused-ring (bicyclic) bond motifs is 2. The van der Waals surface area contributed by atoms with Gasteiger partial charge in [-0.15, -0.1) is 0 Å². The van der Waals surface area contributed by atoms with Crippen molar-refractivity contribution in [2.75, 3.05) is 18.4 Å². The molecule has 0 radical (unpaired) electrons. The quantitative estimate of drug-likeness (QED) is 0.184. The molecule has 6 aromatic rings. The molecular weight excluding hydrogens is 580 g/mol. The van der Waals surface area contributed by atoms with Crippen LogP contribution in [0.3, 0.4) is 0 Å². The van der Waals surface area contributed by atoms with Crippen molar-refractivity contribution in [1.82, 2.24) is 34.8 Å². The van der Waals surface area contributed by atoms with E-state index in [9.17, 15) is 9.59 Å². The number of carbonyl (C=O) groups excluding carboxylic acids is 1. The predicted molar refractivity (Wildman–Crippen MR) is 169 cm³/mol. The summed E-state index contributed by atoms with van der Waals surface area (Å²) in [5, 5.41) is 3.51. The maximum Gasteiger partial charge on any atom is 0.323 e. The number of aromatic amines is 3. The van der Waals surface area contributed by atoms with Crippen LogP contribution < -0.4 is 15.7 Å². The van der Waals surface area contributed by atoms with E-state index in [1.54, 1.807) is 30.5 Å². The summed E-state index contributed by atoms with van der Waals surface area (Å²) < 4.78 is 5.86. The molecule has 1 aliphatic rings. The van der Waals surface area contributed by atoms with Crippen LogP contribution in [-0.4, -0.2) is 53.8 Å². The molecule has 7 rings (SSSR count). The molecule has 0 unspecified atom stereocenters. The average Bonchev–Trinajstić information content (AvgIpc) is 3.62. The van der Waals surface area contributed by atoms with Gasteiger partial charge >= 0.3 is 5.69 Å². The summed E-state index contributed by atoms with van der Waals surface area (Å²) in [6, 6.07) is 20.0. The van der Waals surface area contributed by atoms with Crippen molar-refractivity contribution in [3.8, 4) is 5.88 Å². The van der Waals surface area contributed by atoms with Crippen LogP contribution in [0.15, 0.2) is 83.8 Å². The van der Waals surface area contributed by atoms with Crippen LogP contribution in [0.5, 0.6) is 5.88 Å². The summed E-state index contributed by atoms with van der Waals surface area (Å²) in [4.78, 5) is 49.2. The van der Waals surface area contributed by atoms with Crippen molar-refractivity contribution in [2.24, 2.45) is 0 Å². The summed E-state index contributed by atoms with van der Waals surface area (Å²) in [5.74, 6) is 1.14. The number of hydrogen-bond acceptors (Lipinski definition) is 7. The van der Waals surface area contributed by atoms with Gasteiger partial charge in [0.1, 0.15) is 12.4 Å². The standard InChI is InChI=1S/C32H27ClN8O3/c33-21-5-6-23(34-16-21)18-44-30-3-1-2-24(38-30)19-10-12-41(13-11-19)17-29-36-25-9-7-22(15-28(25)37-29)35-31(42)20-4-8-26-27(14-20)40-32(43)39-26/h1-10,14-16H,11-13,17-18H2,(H,35,42)(H,36,37)(H2,39,40,43). The van der Waals surface area contributed by atoms with E-state index in [0.29, 0.717) is 46.3 Å². The summed E-state index contributed by atoms with van der Waals surface area (Å²) in [6.45, 7) is 2.62. The highest BCUT2D eigenvalue weighted by atomic mass is 35.5. The summed E-state index contributed by atoms with van der Waals surface area (Å²) in [7, 11) is 0. The molecule has 11 nitrogen and oxygen atoms in total. The van der Waals surface area contributed by atoms with E-state index in [-0.39, 0.29) is 11.6 Å². The van der Waals surface area contributed by atoms with Crippen molar-refractivity contribution < 1.29 is 9.53 Å². The molecule has 220 valence electrons. The SMILES string of the molecule is O=C(Nc1ccc2nc(CN3CC=C(c4cccc(OCc5ccc(Cl)cn5)n4)CC3)[nH]c2c1)c1ccc2[nH]c(=O)[nH]c2c1. The Kier molecular flexibility index (Phi) is 7.38. The van der Waals surface area contributed by atoms with Crippen molar-refractivity contribution in [3.63, 3.8) is 0 Å². The van der Waals surface area contributed by atoms with Crippen LogP contribution in [0.25, 0.3) is 27.6 Å². The molecule has 12 heteroatoms. The number of halogens is 1. The number of pyridine rings is 2. The van der Waals surface area contributed by atoms with Crippen LogP contribution in [0.1, 0.15) is 34.0 Å². The van der Waals surface area contributed by atoms with Gasteiger partial charge in [0.25, 0.3) is 5.91 Å². The number of H-pyrrole nitrogens is 3. The lowest BCUT2D eigenvalue weighted by Gasteiger charge is -2.25. The number of nitrogens with one attached hydrogen (secondary N) is 4. The number of benzene rings is 2. The number of carbonyl (C=O) groups is 1. The lowest BCUT2D eigenvalue weighted by molar-refractivity contribution is 0.102. The first-order valence-electron chi connectivity index (χ1n) is 14.1. The van der Waals surface area contributed by atoms with Gasteiger partial charge in [-0.3, -0.25) is 14.7 Å². The number of anilines is 1. The number of rotatable bonds is 8. The van der Waals surface area contributed by atoms with E-state index in [1.165, 1.54) is 5.57 Å². The van der Waals surface area contributed by atoms with E-state index >= 15 is 0 Å². The van der Waals surface area contributed by atoms with Gasteiger partial charge in [-0.2, -0.15) is 0 Å². The van der Waals surface area contributed by atoms with Crippen LogP contribution in [0.2, 0.25) is 5.02 Å². The number of aromatic nitrogens is 6. The summed E-state index contributed by atoms with van der Waals surface area (Å²) >= 11 is 5.91. The fourth-order valence-corrected chi connectivity index (χ4v) is 5.32. The zero-order valence-corrected chi connectivity index (χ0v) is 24.2. The van der Waals surface area contributed by atoms with Gasteiger partial charge in [-0.05, 0) is 66.6 Å². The van der Waals surface area contributed by atoms with Gasteiger partial charge in [0, 0.05) is 36.6 Å². The Morgan fingerprint density at radius 3 is 2.73 bits per heavy atom. The van der Waals surface area contributed by atoms with Crippen molar-refractivity contribution in [1.29, 1.82) is 0 Å². The Morgan fingerprint density at radius 1 is 0.977 bits per heavy atom. The van der Waals surface area contributed by atoms with E-state index in [4.69, 9.17) is 26.3 Å². The lowest BCUT2D eigenvalue weighted by Crippen LogP contribution is -2.28. The second kappa shape index (κ2) is 11.8. The zero-order chi connectivity index (χ0) is 30.0. The number of ether oxygens (including phenoxy) is 1. The molecule has 44 heavy (non-hydrogen) atoms. The van der Waals surface area contributed by atoms with Gasteiger partial charge in [0.15, 0.2) is 0 Å². The minimum absolute atomic E-state index is 0.269. The molecule has 1 aliphatic heterocycles. The third kappa shape index (κ3) is 6.10. The van der Waals surface area contributed by atoms with Gasteiger partial charge < -0.3 is 25.0 Å². The van der Waals surface area contributed by atoms with Crippen LogP contribution in [-0.2, 0) is 13.2 Å². The molecule has 0 aliphatic carbocycles. The maximum absolute atomic E-state index is 12.8. The molecule has 5 heterocycles. The van der Waals surface area contributed by atoms with Gasteiger partial charge in [-0.1, -0.05) is 23.7 Å². The highest BCUT2D eigenvalue weighted by Gasteiger charge is 2.17. The first-order valence-corrected chi connectivity index (χ1v) is 14.5. The fraction of sp³-hybridized carbons (Fsp3) is 0.156. The molecule has 1 amide bonds. The Hall–Kier alpha value is -5.26.